The Morgan fingerprint density at radius 2 is 1.95 bits per heavy atom. The molecule has 0 aliphatic heterocycles. The van der Waals surface area contributed by atoms with Crippen LogP contribution in [0, 0.1) is 6.92 Å². The second-order valence-corrected chi connectivity index (χ2v) is 4.80. The Hall–Kier alpha value is -1.87. The molecule has 2 rings (SSSR count). The average molecular weight is 255 g/mol. The molecule has 2 N–H and O–H groups in total. The molecule has 0 radical (unpaired) electrons. The Labute approximate surface area is 115 Å². The maximum absolute atomic E-state index is 5.98. The highest BCUT2D eigenvalue weighted by molar-refractivity contribution is 5.64. The quantitative estimate of drug-likeness (QED) is 0.908. The first-order valence-electron chi connectivity index (χ1n) is 6.64. The largest absolute Gasteiger partial charge is 0.343 e. The van der Waals surface area contributed by atoms with Crippen LogP contribution in [0.2, 0.25) is 0 Å². The third-order valence-electron chi connectivity index (χ3n) is 3.45. The highest BCUT2D eigenvalue weighted by atomic mass is 15.1. The molecular weight excluding hydrogens is 234 g/mol. The lowest BCUT2D eigenvalue weighted by molar-refractivity contribution is 0.675. The summed E-state index contributed by atoms with van der Waals surface area (Å²) >= 11 is 0. The fourth-order valence-corrected chi connectivity index (χ4v) is 2.10. The first kappa shape index (κ1) is 13.6. The number of rotatable bonds is 4. The lowest BCUT2D eigenvalue weighted by Gasteiger charge is -2.21. The van der Waals surface area contributed by atoms with Gasteiger partial charge in [-0.1, -0.05) is 25.1 Å². The average Bonchev–Trinajstić information content (AvgIpc) is 2.46. The fraction of sp³-hybridized carbons (Fsp3) is 0.312. The van der Waals surface area contributed by atoms with E-state index in [4.69, 9.17) is 5.73 Å². The van der Waals surface area contributed by atoms with Crippen molar-refractivity contribution in [3.63, 3.8) is 0 Å². The zero-order chi connectivity index (χ0) is 13.8. The maximum Gasteiger partial charge on any atom is 0.0594 e. The van der Waals surface area contributed by atoms with Crippen LogP contribution < -0.4 is 10.6 Å². The van der Waals surface area contributed by atoms with E-state index in [0.717, 1.165) is 17.8 Å². The van der Waals surface area contributed by atoms with Crippen LogP contribution in [-0.2, 0) is 0 Å². The molecule has 3 heteroatoms. The van der Waals surface area contributed by atoms with Gasteiger partial charge in [0, 0.05) is 18.8 Å². The van der Waals surface area contributed by atoms with Crippen molar-refractivity contribution in [3.05, 3.63) is 53.9 Å². The summed E-state index contributed by atoms with van der Waals surface area (Å²) in [5.74, 6) is 0. The molecule has 19 heavy (non-hydrogen) atoms. The molecule has 0 bridgehead atoms. The SMILES string of the molecule is CCC(N)c1ccc(N(C)c2ccccc2C)cn1. The molecule has 100 valence electrons. The molecule has 1 aromatic heterocycles. The first-order chi connectivity index (χ1) is 9.13. The van der Waals surface area contributed by atoms with Gasteiger partial charge in [0.1, 0.15) is 0 Å². The highest BCUT2D eigenvalue weighted by Gasteiger charge is 2.09. The number of para-hydroxylation sites is 1. The summed E-state index contributed by atoms with van der Waals surface area (Å²) in [4.78, 5) is 6.60. The fourth-order valence-electron chi connectivity index (χ4n) is 2.10. The second kappa shape index (κ2) is 5.85. The Morgan fingerprint density at radius 1 is 1.21 bits per heavy atom. The number of nitrogens with two attached hydrogens (primary N) is 1. The van der Waals surface area contributed by atoms with E-state index in [-0.39, 0.29) is 6.04 Å². The van der Waals surface area contributed by atoms with Gasteiger partial charge in [0.05, 0.1) is 17.6 Å². The van der Waals surface area contributed by atoms with Gasteiger partial charge in [0.25, 0.3) is 0 Å². The van der Waals surface area contributed by atoms with Gasteiger partial charge in [0.15, 0.2) is 0 Å². The van der Waals surface area contributed by atoms with E-state index in [1.165, 1.54) is 11.3 Å². The number of nitrogens with zero attached hydrogens (tertiary/aromatic N) is 2. The summed E-state index contributed by atoms with van der Waals surface area (Å²) in [7, 11) is 2.05. The highest BCUT2D eigenvalue weighted by Crippen LogP contribution is 2.26. The lowest BCUT2D eigenvalue weighted by Crippen LogP contribution is -2.13. The zero-order valence-electron chi connectivity index (χ0n) is 11.8. The number of aromatic nitrogens is 1. The number of aryl methyl sites for hydroxylation is 1. The molecule has 0 aliphatic rings. The minimum absolute atomic E-state index is 0.0258. The minimum Gasteiger partial charge on any atom is -0.343 e. The van der Waals surface area contributed by atoms with Crippen LogP contribution in [0.25, 0.3) is 0 Å². The molecular formula is C16H21N3. The van der Waals surface area contributed by atoms with Crippen molar-refractivity contribution < 1.29 is 0 Å². The normalized spacial score (nSPS) is 12.2. The molecule has 0 spiro atoms. The summed E-state index contributed by atoms with van der Waals surface area (Å²) in [5.41, 5.74) is 10.4. The molecule has 3 nitrogen and oxygen atoms in total. The summed E-state index contributed by atoms with van der Waals surface area (Å²) in [5, 5.41) is 0. The minimum atomic E-state index is 0.0258. The number of anilines is 2. The van der Waals surface area contributed by atoms with Crippen molar-refractivity contribution in [2.24, 2.45) is 5.73 Å². The van der Waals surface area contributed by atoms with Crippen LogP contribution in [0.4, 0.5) is 11.4 Å². The van der Waals surface area contributed by atoms with Gasteiger partial charge in [-0.25, -0.2) is 0 Å². The maximum atomic E-state index is 5.98. The van der Waals surface area contributed by atoms with Crippen LogP contribution in [0.5, 0.6) is 0 Å². The molecule has 0 amide bonds. The van der Waals surface area contributed by atoms with E-state index in [1.54, 1.807) is 0 Å². The molecule has 0 aliphatic carbocycles. The third kappa shape index (κ3) is 2.93. The zero-order valence-corrected chi connectivity index (χ0v) is 11.8. The van der Waals surface area contributed by atoms with Crippen molar-refractivity contribution >= 4 is 11.4 Å². The van der Waals surface area contributed by atoms with Gasteiger partial charge >= 0.3 is 0 Å². The van der Waals surface area contributed by atoms with Gasteiger partial charge in [-0.3, -0.25) is 4.98 Å². The molecule has 1 unspecified atom stereocenters. The van der Waals surface area contributed by atoms with Gasteiger partial charge in [-0.15, -0.1) is 0 Å². The number of benzene rings is 1. The van der Waals surface area contributed by atoms with Crippen molar-refractivity contribution in [1.29, 1.82) is 0 Å². The van der Waals surface area contributed by atoms with Crippen LogP contribution >= 0.6 is 0 Å². The van der Waals surface area contributed by atoms with Crippen LogP contribution in [-0.4, -0.2) is 12.0 Å². The standard InChI is InChI=1S/C16H21N3/c1-4-14(17)15-10-9-13(11-18-15)19(3)16-8-6-5-7-12(16)2/h5-11,14H,4,17H2,1-3H3. The predicted octanol–water partition coefficient (Wildman–Crippen LogP) is 3.57. The van der Waals surface area contributed by atoms with Gasteiger partial charge in [-0.05, 0) is 37.1 Å². The van der Waals surface area contributed by atoms with Crippen molar-refractivity contribution in [1.82, 2.24) is 4.98 Å². The Balaban J connectivity index is 2.25. The summed E-state index contributed by atoms with van der Waals surface area (Å²) < 4.78 is 0. The second-order valence-electron chi connectivity index (χ2n) is 4.80. The number of hydrogen-bond donors (Lipinski definition) is 1. The Bertz CT molecular complexity index is 534. The van der Waals surface area contributed by atoms with E-state index < -0.39 is 0 Å². The van der Waals surface area contributed by atoms with E-state index in [2.05, 4.69) is 49.0 Å². The topological polar surface area (TPSA) is 42.1 Å². The number of hydrogen-bond acceptors (Lipinski definition) is 3. The van der Waals surface area contributed by atoms with Crippen LogP contribution in [0.1, 0.15) is 30.6 Å². The smallest absolute Gasteiger partial charge is 0.0594 e. The van der Waals surface area contributed by atoms with Crippen LogP contribution in [0.3, 0.4) is 0 Å². The molecule has 1 heterocycles. The molecule has 1 aromatic carbocycles. The van der Waals surface area contributed by atoms with Crippen molar-refractivity contribution in [2.45, 2.75) is 26.3 Å². The van der Waals surface area contributed by atoms with E-state index in [0.29, 0.717) is 0 Å². The van der Waals surface area contributed by atoms with E-state index in [1.807, 2.05) is 24.4 Å². The summed E-state index contributed by atoms with van der Waals surface area (Å²) in [6.07, 6.45) is 2.79. The van der Waals surface area contributed by atoms with Crippen LogP contribution in [0.15, 0.2) is 42.6 Å². The van der Waals surface area contributed by atoms with Gasteiger partial charge in [-0.2, -0.15) is 0 Å². The van der Waals surface area contributed by atoms with E-state index in [9.17, 15) is 0 Å². The van der Waals surface area contributed by atoms with Gasteiger partial charge in [0.2, 0.25) is 0 Å². The third-order valence-corrected chi connectivity index (χ3v) is 3.45. The predicted molar refractivity (Wildman–Crippen MR) is 80.7 cm³/mol. The molecule has 0 saturated heterocycles. The van der Waals surface area contributed by atoms with Gasteiger partial charge < -0.3 is 10.6 Å². The molecule has 2 aromatic rings. The Kier molecular flexibility index (Phi) is 4.17. The summed E-state index contributed by atoms with van der Waals surface area (Å²) in [6.45, 7) is 4.18. The summed E-state index contributed by atoms with van der Waals surface area (Å²) in [6, 6.07) is 12.4. The lowest BCUT2D eigenvalue weighted by atomic mass is 10.1. The number of pyridine rings is 1. The molecule has 1 atom stereocenters. The van der Waals surface area contributed by atoms with E-state index >= 15 is 0 Å². The molecule has 0 saturated carbocycles. The molecule has 0 fully saturated rings. The Morgan fingerprint density at radius 3 is 2.53 bits per heavy atom. The van der Waals surface area contributed by atoms with Crippen molar-refractivity contribution in [2.75, 3.05) is 11.9 Å². The monoisotopic (exact) mass is 255 g/mol. The van der Waals surface area contributed by atoms with Crippen molar-refractivity contribution in [3.8, 4) is 0 Å². The first-order valence-corrected chi connectivity index (χ1v) is 6.64.